The van der Waals surface area contributed by atoms with E-state index in [2.05, 4.69) is 22.8 Å². The summed E-state index contributed by atoms with van der Waals surface area (Å²) in [6.45, 7) is 1.38. The lowest BCUT2D eigenvalue weighted by Gasteiger charge is -2.25. The smallest absolute Gasteiger partial charge is 0.318 e. The van der Waals surface area contributed by atoms with Gasteiger partial charge in [-0.05, 0) is 38.0 Å². The fourth-order valence-corrected chi connectivity index (χ4v) is 2.82. The highest BCUT2D eigenvalue weighted by molar-refractivity contribution is 5.87. The summed E-state index contributed by atoms with van der Waals surface area (Å²) in [6.07, 6.45) is 9.32. The van der Waals surface area contributed by atoms with Crippen LogP contribution in [-0.2, 0) is 4.79 Å². The molecule has 1 fully saturated rings. The number of nitrogens with one attached hydrogen (secondary N) is 2. The Morgan fingerprint density at radius 2 is 2.16 bits per heavy atom. The fraction of sp³-hybridized carbons (Fsp3) is 0.714. The Bertz CT molecular complexity index is 368. The predicted molar refractivity (Wildman–Crippen MR) is 73.7 cm³/mol. The molecule has 1 aliphatic heterocycles. The topological polar surface area (TPSA) is 61.4 Å². The van der Waals surface area contributed by atoms with E-state index in [-0.39, 0.29) is 18.0 Å². The summed E-state index contributed by atoms with van der Waals surface area (Å²) in [7, 11) is 1.62. The third kappa shape index (κ3) is 3.49. The van der Waals surface area contributed by atoms with Crippen LogP contribution in [0.15, 0.2) is 12.2 Å². The molecule has 0 bridgehead atoms. The zero-order valence-electron chi connectivity index (χ0n) is 11.5. The first-order valence-corrected chi connectivity index (χ1v) is 7.13. The van der Waals surface area contributed by atoms with Gasteiger partial charge in [-0.2, -0.15) is 0 Å². The van der Waals surface area contributed by atoms with Crippen molar-refractivity contribution in [3.63, 3.8) is 0 Å². The van der Waals surface area contributed by atoms with E-state index in [4.69, 9.17) is 0 Å². The van der Waals surface area contributed by atoms with Gasteiger partial charge < -0.3 is 15.5 Å². The second-order valence-corrected chi connectivity index (χ2v) is 5.30. The van der Waals surface area contributed by atoms with E-state index >= 15 is 0 Å². The SMILES string of the molecule is CNC(=O)[C@H]1CCCN1C(=O)NC[C@H]1CC=CCC1. The lowest BCUT2D eigenvalue weighted by atomic mass is 9.94. The van der Waals surface area contributed by atoms with Crippen LogP contribution in [0.1, 0.15) is 32.1 Å². The van der Waals surface area contributed by atoms with Gasteiger partial charge in [-0.25, -0.2) is 4.79 Å². The van der Waals surface area contributed by atoms with Crippen molar-refractivity contribution in [2.24, 2.45) is 5.92 Å². The van der Waals surface area contributed by atoms with E-state index in [1.54, 1.807) is 11.9 Å². The molecule has 0 aromatic carbocycles. The Morgan fingerprint density at radius 1 is 1.32 bits per heavy atom. The van der Waals surface area contributed by atoms with Gasteiger partial charge in [0.25, 0.3) is 0 Å². The average Bonchev–Trinajstić information content (AvgIpc) is 2.94. The molecule has 2 rings (SSSR count). The molecule has 19 heavy (non-hydrogen) atoms. The van der Waals surface area contributed by atoms with Gasteiger partial charge >= 0.3 is 6.03 Å². The van der Waals surface area contributed by atoms with Gasteiger partial charge in [0.2, 0.25) is 5.91 Å². The minimum absolute atomic E-state index is 0.0618. The Hall–Kier alpha value is -1.52. The Balaban J connectivity index is 1.81. The standard InChI is InChI=1S/C14H23N3O2/c1-15-13(18)12-8-5-9-17(12)14(19)16-10-11-6-3-2-4-7-11/h2-3,11-12H,4-10H2,1H3,(H,15,18)(H,16,19)/t11-,12+/m0/s1. The summed E-state index contributed by atoms with van der Waals surface area (Å²) in [4.78, 5) is 25.5. The van der Waals surface area contributed by atoms with Crippen molar-refractivity contribution < 1.29 is 9.59 Å². The number of likely N-dealkylation sites (tertiary alicyclic amines) is 1. The van der Waals surface area contributed by atoms with E-state index in [1.807, 2.05) is 0 Å². The predicted octanol–water partition coefficient (Wildman–Crippen LogP) is 1.26. The number of carbonyl (C=O) groups excluding carboxylic acids is 2. The van der Waals surface area contributed by atoms with Crippen LogP contribution in [0.25, 0.3) is 0 Å². The lowest BCUT2D eigenvalue weighted by Crippen LogP contribution is -2.49. The van der Waals surface area contributed by atoms with Crippen molar-refractivity contribution in [1.82, 2.24) is 15.5 Å². The molecule has 0 aromatic heterocycles. The molecule has 0 radical (unpaired) electrons. The first kappa shape index (κ1) is 13.9. The average molecular weight is 265 g/mol. The van der Waals surface area contributed by atoms with E-state index in [1.165, 1.54) is 0 Å². The number of likely N-dealkylation sites (N-methyl/N-ethyl adjacent to an activating group) is 1. The molecule has 0 unspecified atom stereocenters. The summed E-state index contributed by atoms with van der Waals surface area (Å²) in [5.74, 6) is 0.475. The monoisotopic (exact) mass is 265 g/mol. The van der Waals surface area contributed by atoms with E-state index in [9.17, 15) is 9.59 Å². The molecule has 2 aliphatic rings. The highest BCUT2D eigenvalue weighted by atomic mass is 16.2. The summed E-state index contributed by atoms with van der Waals surface area (Å²) in [6, 6.07) is -0.392. The van der Waals surface area contributed by atoms with Gasteiger partial charge in [-0.15, -0.1) is 0 Å². The number of allylic oxidation sites excluding steroid dienone is 2. The first-order valence-electron chi connectivity index (χ1n) is 7.13. The number of amides is 3. The molecule has 0 aromatic rings. The van der Waals surface area contributed by atoms with Crippen molar-refractivity contribution in [2.45, 2.75) is 38.1 Å². The van der Waals surface area contributed by atoms with Crippen LogP contribution in [0.2, 0.25) is 0 Å². The van der Waals surface area contributed by atoms with Gasteiger partial charge in [-0.1, -0.05) is 12.2 Å². The maximum absolute atomic E-state index is 12.1. The van der Waals surface area contributed by atoms with Crippen LogP contribution in [-0.4, -0.2) is 43.0 Å². The number of rotatable bonds is 3. The highest BCUT2D eigenvalue weighted by Crippen LogP contribution is 2.19. The van der Waals surface area contributed by atoms with E-state index in [0.29, 0.717) is 19.0 Å². The molecule has 2 atom stereocenters. The summed E-state index contributed by atoms with van der Waals surface area (Å²) in [5, 5.41) is 5.60. The molecule has 0 saturated carbocycles. The second-order valence-electron chi connectivity index (χ2n) is 5.30. The number of nitrogens with zero attached hydrogens (tertiary/aromatic N) is 1. The molecule has 5 nitrogen and oxygen atoms in total. The van der Waals surface area contributed by atoms with Crippen LogP contribution >= 0.6 is 0 Å². The van der Waals surface area contributed by atoms with E-state index in [0.717, 1.165) is 32.1 Å². The van der Waals surface area contributed by atoms with Crippen LogP contribution in [0.4, 0.5) is 4.79 Å². The van der Waals surface area contributed by atoms with Gasteiger partial charge in [0.1, 0.15) is 6.04 Å². The molecule has 0 spiro atoms. The Labute approximate surface area is 114 Å². The number of urea groups is 1. The first-order chi connectivity index (χ1) is 9.22. The molecule has 1 saturated heterocycles. The van der Waals surface area contributed by atoms with Gasteiger partial charge in [0.05, 0.1) is 0 Å². The maximum atomic E-state index is 12.1. The van der Waals surface area contributed by atoms with Crippen molar-refractivity contribution >= 4 is 11.9 Å². The van der Waals surface area contributed by atoms with Gasteiger partial charge in [0.15, 0.2) is 0 Å². The van der Waals surface area contributed by atoms with Crippen LogP contribution in [0.5, 0.6) is 0 Å². The van der Waals surface area contributed by atoms with Crippen molar-refractivity contribution in [3.05, 3.63) is 12.2 Å². The quantitative estimate of drug-likeness (QED) is 0.755. The van der Waals surface area contributed by atoms with Crippen molar-refractivity contribution in [2.75, 3.05) is 20.1 Å². The molecule has 3 amide bonds. The summed E-state index contributed by atoms with van der Waals surface area (Å²) >= 11 is 0. The second kappa shape index (κ2) is 6.59. The van der Waals surface area contributed by atoms with Crippen LogP contribution in [0, 0.1) is 5.92 Å². The third-order valence-electron chi connectivity index (χ3n) is 3.98. The van der Waals surface area contributed by atoms with Crippen LogP contribution in [0.3, 0.4) is 0 Å². The molecule has 1 heterocycles. The fourth-order valence-electron chi connectivity index (χ4n) is 2.82. The molecule has 2 N–H and O–H groups in total. The third-order valence-corrected chi connectivity index (χ3v) is 3.98. The highest BCUT2D eigenvalue weighted by Gasteiger charge is 2.33. The lowest BCUT2D eigenvalue weighted by molar-refractivity contribution is -0.124. The molecular formula is C14H23N3O2. The van der Waals surface area contributed by atoms with Crippen LogP contribution < -0.4 is 10.6 Å². The number of hydrogen-bond donors (Lipinski definition) is 2. The zero-order chi connectivity index (χ0) is 13.7. The molecule has 106 valence electrons. The minimum atomic E-state index is -0.295. The normalized spacial score (nSPS) is 26.3. The largest absolute Gasteiger partial charge is 0.357 e. The maximum Gasteiger partial charge on any atom is 0.318 e. The van der Waals surface area contributed by atoms with Gasteiger partial charge in [0, 0.05) is 20.1 Å². The Kier molecular flexibility index (Phi) is 4.82. The minimum Gasteiger partial charge on any atom is -0.357 e. The zero-order valence-corrected chi connectivity index (χ0v) is 11.5. The molecule has 5 heteroatoms. The van der Waals surface area contributed by atoms with Gasteiger partial charge in [-0.3, -0.25) is 4.79 Å². The molecule has 1 aliphatic carbocycles. The Morgan fingerprint density at radius 3 is 2.84 bits per heavy atom. The van der Waals surface area contributed by atoms with Crippen molar-refractivity contribution in [3.8, 4) is 0 Å². The van der Waals surface area contributed by atoms with E-state index < -0.39 is 0 Å². The van der Waals surface area contributed by atoms with Crippen molar-refractivity contribution in [1.29, 1.82) is 0 Å². The summed E-state index contributed by atoms with van der Waals surface area (Å²) < 4.78 is 0. The molecular weight excluding hydrogens is 242 g/mol. The summed E-state index contributed by atoms with van der Waals surface area (Å²) in [5.41, 5.74) is 0. The number of hydrogen-bond acceptors (Lipinski definition) is 2. The number of carbonyl (C=O) groups is 2.